The Morgan fingerprint density at radius 2 is 2.00 bits per heavy atom. The summed E-state index contributed by atoms with van der Waals surface area (Å²) in [7, 11) is 0. The maximum atomic E-state index is 11.6. The molecule has 0 saturated carbocycles. The van der Waals surface area contributed by atoms with E-state index in [0.717, 1.165) is 4.68 Å². The summed E-state index contributed by atoms with van der Waals surface area (Å²) in [5.74, 6) is 0. The van der Waals surface area contributed by atoms with Crippen LogP contribution in [-0.2, 0) is 4.74 Å². The van der Waals surface area contributed by atoms with Gasteiger partial charge in [0.2, 0.25) is 10.0 Å². The summed E-state index contributed by atoms with van der Waals surface area (Å²) >= 11 is 17.2. The van der Waals surface area contributed by atoms with E-state index in [4.69, 9.17) is 39.5 Å². The van der Waals surface area contributed by atoms with Gasteiger partial charge in [0.25, 0.3) is 0 Å². The average Bonchev–Trinajstić information content (AvgIpc) is 2.61. The second kappa shape index (κ2) is 5.50. The Balaban J connectivity index is 2.79. The van der Waals surface area contributed by atoms with Crippen LogP contribution in [0.25, 0.3) is 0 Å². The van der Waals surface area contributed by atoms with Crippen LogP contribution >= 0.6 is 34.8 Å². The smallest absolute Gasteiger partial charge is 0.409 e. The number of nitrogens with one attached hydrogen (secondary N) is 1. The zero-order valence-corrected chi connectivity index (χ0v) is 12.3. The van der Waals surface area contributed by atoms with Crippen molar-refractivity contribution >= 4 is 40.9 Å². The molecule has 9 heteroatoms. The molecular formula is C9H13Cl3N4O2. The van der Waals surface area contributed by atoms with E-state index in [1.54, 1.807) is 20.8 Å². The number of ether oxygens (including phenoxy) is 1. The summed E-state index contributed by atoms with van der Waals surface area (Å²) in [6.07, 6.45) is 0.618. The summed E-state index contributed by atoms with van der Waals surface area (Å²) in [6, 6.07) is 0. The van der Waals surface area contributed by atoms with Gasteiger partial charge in [0.1, 0.15) is 12.7 Å². The lowest BCUT2D eigenvalue weighted by Gasteiger charge is -2.26. The normalized spacial score (nSPS) is 14.1. The monoisotopic (exact) mass is 314 g/mol. The predicted octanol–water partition coefficient (Wildman–Crippen LogP) is 2.67. The number of alkyl carbamates (subject to hydrolysis) is 1. The number of nitrogens with zero attached hydrogens (tertiary/aromatic N) is 3. The van der Waals surface area contributed by atoms with E-state index in [1.807, 2.05) is 0 Å². The summed E-state index contributed by atoms with van der Waals surface area (Å²) < 4.78 is 4.34. The minimum absolute atomic E-state index is 0.461. The van der Waals surface area contributed by atoms with Gasteiger partial charge in [0, 0.05) is 5.54 Å². The summed E-state index contributed by atoms with van der Waals surface area (Å²) in [6.45, 7) is 5.40. The Hall–Kier alpha value is -0.720. The van der Waals surface area contributed by atoms with Crippen LogP contribution in [0.5, 0.6) is 0 Å². The van der Waals surface area contributed by atoms with E-state index in [9.17, 15) is 4.79 Å². The van der Waals surface area contributed by atoms with Crippen LogP contribution in [0.3, 0.4) is 0 Å². The zero-order chi connectivity index (χ0) is 14.0. The van der Waals surface area contributed by atoms with Crippen molar-refractivity contribution < 1.29 is 9.53 Å². The summed E-state index contributed by atoms with van der Waals surface area (Å²) in [4.78, 5) is 15.3. The number of aromatic nitrogens is 3. The molecule has 0 aliphatic rings. The number of amides is 1. The fourth-order valence-electron chi connectivity index (χ4n) is 1.05. The summed E-state index contributed by atoms with van der Waals surface area (Å²) in [5, 5.41) is 6.36. The van der Waals surface area contributed by atoms with Crippen LogP contribution < -0.4 is 5.32 Å². The number of carbonyl (C=O) groups is 1. The van der Waals surface area contributed by atoms with Crippen LogP contribution in [0.15, 0.2) is 12.7 Å². The molecule has 6 nitrogen and oxygen atoms in total. The molecular weight excluding hydrogens is 302 g/mol. The Labute approximate surface area is 120 Å². The predicted molar refractivity (Wildman–Crippen MR) is 68.7 cm³/mol. The molecule has 1 aromatic rings. The average molecular weight is 316 g/mol. The molecule has 0 fully saturated rings. The van der Waals surface area contributed by atoms with Crippen LogP contribution in [0, 0.1) is 0 Å². The molecule has 0 saturated heterocycles. The number of alkyl halides is 3. The van der Waals surface area contributed by atoms with E-state index in [0.29, 0.717) is 0 Å². The standard InChI is InChI=1S/C9H13Cl3N4O2/c1-8(2,3)15-7(17)18-6(9(10,11)12)16-5-13-4-14-16/h4-6H,1-3H3,(H,15,17). The van der Waals surface area contributed by atoms with Crippen molar-refractivity contribution in [3.05, 3.63) is 12.7 Å². The largest absolute Gasteiger partial charge is 0.419 e. The molecule has 1 N–H and O–H groups in total. The van der Waals surface area contributed by atoms with Gasteiger partial charge in [0.15, 0.2) is 0 Å². The van der Waals surface area contributed by atoms with Crippen molar-refractivity contribution in [1.29, 1.82) is 0 Å². The van der Waals surface area contributed by atoms with Crippen molar-refractivity contribution in [1.82, 2.24) is 20.1 Å². The molecule has 1 unspecified atom stereocenters. The van der Waals surface area contributed by atoms with E-state index in [1.165, 1.54) is 12.7 Å². The van der Waals surface area contributed by atoms with Crippen LogP contribution in [0.2, 0.25) is 0 Å². The van der Waals surface area contributed by atoms with Gasteiger partial charge in [-0.2, -0.15) is 5.10 Å². The van der Waals surface area contributed by atoms with Crippen molar-refractivity contribution in [3.63, 3.8) is 0 Å². The molecule has 18 heavy (non-hydrogen) atoms. The van der Waals surface area contributed by atoms with E-state index < -0.39 is 21.7 Å². The Morgan fingerprint density at radius 3 is 2.39 bits per heavy atom. The third-order valence-electron chi connectivity index (χ3n) is 1.65. The second-order valence-electron chi connectivity index (χ2n) is 4.55. The van der Waals surface area contributed by atoms with Crippen molar-refractivity contribution in [2.45, 2.75) is 36.3 Å². The lowest BCUT2D eigenvalue weighted by molar-refractivity contribution is 0.0452. The van der Waals surface area contributed by atoms with Crippen molar-refractivity contribution in [2.24, 2.45) is 0 Å². The molecule has 0 spiro atoms. The van der Waals surface area contributed by atoms with Crippen molar-refractivity contribution in [3.8, 4) is 0 Å². The topological polar surface area (TPSA) is 69.0 Å². The highest BCUT2D eigenvalue weighted by atomic mass is 35.6. The highest BCUT2D eigenvalue weighted by Gasteiger charge is 2.38. The molecule has 0 aliphatic heterocycles. The van der Waals surface area contributed by atoms with Crippen molar-refractivity contribution in [2.75, 3.05) is 0 Å². The van der Waals surface area contributed by atoms with Crippen LogP contribution in [0.1, 0.15) is 27.0 Å². The van der Waals surface area contributed by atoms with E-state index >= 15 is 0 Å². The first kappa shape index (κ1) is 15.3. The molecule has 1 amide bonds. The number of carbonyl (C=O) groups excluding carboxylic acids is 1. The third kappa shape index (κ3) is 4.88. The number of hydrogen-bond acceptors (Lipinski definition) is 4. The maximum absolute atomic E-state index is 11.6. The minimum Gasteiger partial charge on any atom is -0.419 e. The Kier molecular flexibility index (Phi) is 4.69. The molecule has 0 aliphatic carbocycles. The summed E-state index contributed by atoms with van der Waals surface area (Å²) in [5.41, 5.74) is -0.461. The molecule has 102 valence electrons. The fraction of sp³-hybridized carbons (Fsp3) is 0.667. The van der Waals surface area contributed by atoms with E-state index in [-0.39, 0.29) is 0 Å². The third-order valence-corrected chi connectivity index (χ3v) is 2.21. The van der Waals surface area contributed by atoms with Gasteiger partial charge in [-0.1, -0.05) is 34.8 Å². The number of halogens is 3. The number of hydrogen-bond donors (Lipinski definition) is 1. The highest BCUT2D eigenvalue weighted by molar-refractivity contribution is 6.67. The Bertz CT molecular complexity index is 397. The Morgan fingerprint density at radius 1 is 1.39 bits per heavy atom. The molecule has 0 aromatic carbocycles. The lowest BCUT2D eigenvalue weighted by atomic mass is 10.1. The van der Waals surface area contributed by atoms with Gasteiger partial charge in [-0.05, 0) is 20.8 Å². The molecule has 1 atom stereocenters. The molecule has 1 rings (SSSR count). The number of rotatable bonds is 2. The van der Waals surface area contributed by atoms with Gasteiger partial charge in [0.05, 0.1) is 0 Å². The van der Waals surface area contributed by atoms with Gasteiger partial charge >= 0.3 is 6.09 Å². The first-order valence-corrected chi connectivity index (χ1v) is 6.12. The van der Waals surface area contributed by atoms with Crippen LogP contribution in [-0.4, -0.2) is 30.2 Å². The molecule has 1 aromatic heterocycles. The molecule has 1 heterocycles. The fourth-order valence-corrected chi connectivity index (χ4v) is 1.48. The minimum atomic E-state index is -1.86. The van der Waals surface area contributed by atoms with Crippen LogP contribution in [0.4, 0.5) is 4.79 Å². The molecule has 0 radical (unpaired) electrons. The van der Waals surface area contributed by atoms with Gasteiger partial charge < -0.3 is 10.1 Å². The molecule has 0 bridgehead atoms. The zero-order valence-electron chi connectivity index (χ0n) is 10.0. The quantitative estimate of drug-likeness (QED) is 0.852. The highest BCUT2D eigenvalue weighted by Crippen LogP contribution is 2.38. The SMILES string of the molecule is CC(C)(C)NC(=O)OC(n1cncn1)C(Cl)(Cl)Cl. The second-order valence-corrected chi connectivity index (χ2v) is 6.92. The van der Waals surface area contributed by atoms with E-state index in [2.05, 4.69) is 15.4 Å². The van der Waals surface area contributed by atoms with Gasteiger partial charge in [-0.15, -0.1) is 0 Å². The van der Waals surface area contributed by atoms with Gasteiger partial charge in [-0.3, -0.25) is 0 Å². The maximum Gasteiger partial charge on any atom is 0.409 e. The lowest BCUT2D eigenvalue weighted by Crippen LogP contribution is -2.43. The first-order chi connectivity index (χ1) is 8.09. The van der Waals surface area contributed by atoms with Gasteiger partial charge in [-0.25, -0.2) is 14.5 Å². The first-order valence-electron chi connectivity index (χ1n) is 4.99.